The second-order valence-electron chi connectivity index (χ2n) is 6.21. The van der Waals surface area contributed by atoms with Crippen LogP contribution in [0.5, 0.6) is 5.75 Å². The van der Waals surface area contributed by atoms with E-state index < -0.39 is 5.97 Å². The van der Waals surface area contributed by atoms with Crippen LogP contribution in [-0.2, 0) is 16.0 Å². The van der Waals surface area contributed by atoms with Crippen molar-refractivity contribution in [1.82, 2.24) is 10.6 Å². The van der Waals surface area contributed by atoms with Crippen molar-refractivity contribution in [2.24, 2.45) is 0 Å². The largest absolute Gasteiger partial charge is 0.427 e. The topological polar surface area (TPSA) is 84.5 Å². The van der Waals surface area contributed by atoms with Gasteiger partial charge in [0.05, 0.1) is 0 Å². The highest BCUT2D eigenvalue weighted by Gasteiger charge is 2.07. The summed E-state index contributed by atoms with van der Waals surface area (Å²) in [7, 11) is 0. The lowest BCUT2D eigenvalue weighted by Gasteiger charge is -2.08. The molecule has 2 aromatic rings. The molecule has 148 valence electrons. The Bertz CT molecular complexity index is 839. The van der Waals surface area contributed by atoms with Gasteiger partial charge in [-0.1, -0.05) is 34.1 Å². The monoisotopic (exact) mass is 446 g/mol. The van der Waals surface area contributed by atoms with Crippen molar-refractivity contribution in [1.29, 1.82) is 0 Å². The SMILES string of the molecule is CC(=O)Oc1cccc(C(=O)NCCCNC(=O)CCc2cccc(Br)c2)c1. The molecule has 6 nitrogen and oxygen atoms in total. The van der Waals surface area contributed by atoms with Crippen molar-refractivity contribution in [2.75, 3.05) is 13.1 Å². The van der Waals surface area contributed by atoms with Crippen molar-refractivity contribution in [3.63, 3.8) is 0 Å². The Labute approximate surface area is 172 Å². The first-order valence-corrected chi connectivity index (χ1v) is 9.81. The second kappa shape index (κ2) is 11.2. The molecule has 0 aliphatic heterocycles. The number of benzene rings is 2. The van der Waals surface area contributed by atoms with Crippen molar-refractivity contribution < 1.29 is 19.1 Å². The lowest BCUT2D eigenvalue weighted by molar-refractivity contribution is -0.131. The van der Waals surface area contributed by atoms with E-state index in [2.05, 4.69) is 26.6 Å². The highest BCUT2D eigenvalue weighted by atomic mass is 79.9. The van der Waals surface area contributed by atoms with Gasteiger partial charge in [-0.25, -0.2) is 0 Å². The van der Waals surface area contributed by atoms with E-state index in [9.17, 15) is 14.4 Å². The molecule has 2 rings (SSSR count). The third-order valence-electron chi connectivity index (χ3n) is 3.85. The third-order valence-corrected chi connectivity index (χ3v) is 4.34. The van der Waals surface area contributed by atoms with E-state index in [1.807, 2.05) is 24.3 Å². The molecule has 0 bridgehead atoms. The Kier molecular flexibility index (Phi) is 8.68. The molecule has 0 unspecified atom stereocenters. The van der Waals surface area contributed by atoms with Crippen LogP contribution in [0.3, 0.4) is 0 Å². The maximum absolute atomic E-state index is 12.1. The van der Waals surface area contributed by atoms with Crippen molar-refractivity contribution in [3.8, 4) is 5.75 Å². The Morgan fingerprint density at radius 1 is 1.00 bits per heavy atom. The summed E-state index contributed by atoms with van der Waals surface area (Å²) in [6.07, 6.45) is 1.73. The summed E-state index contributed by atoms with van der Waals surface area (Å²) in [6.45, 7) is 2.23. The standard InChI is InChI=1S/C21H23BrN2O4/c1-15(25)28-19-8-3-6-17(14-19)21(27)24-12-4-11-23-20(26)10-9-16-5-2-7-18(22)13-16/h2-3,5-8,13-14H,4,9-12H2,1H3,(H,23,26)(H,24,27). The molecule has 28 heavy (non-hydrogen) atoms. The first-order chi connectivity index (χ1) is 13.4. The Morgan fingerprint density at radius 2 is 1.75 bits per heavy atom. The minimum absolute atomic E-state index is 0.0135. The summed E-state index contributed by atoms with van der Waals surface area (Å²) in [5.41, 5.74) is 1.52. The fraction of sp³-hybridized carbons (Fsp3) is 0.286. The van der Waals surface area contributed by atoms with Crippen molar-refractivity contribution >= 4 is 33.7 Å². The molecule has 0 saturated carbocycles. The fourth-order valence-electron chi connectivity index (χ4n) is 2.53. The smallest absolute Gasteiger partial charge is 0.308 e. The molecule has 0 aromatic heterocycles. The number of hydrogen-bond donors (Lipinski definition) is 2. The second-order valence-corrected chi connectivity index (χ2v) is 7.13. The molecule has 2 aromatic carbocycles. The van der Waals surface area contributed by atoms with Gasteiger partial charge in [0.2, 0.25) is 5.91 Å². The van der Waals surface area contributed by atoms with Crippen LogP contribution in [0.15, 0.2) is 53.0 Å². The minimum Gasteiger partial charge on any atom is -0.427 e. The molecular formula is C21H23BrN2O4. The van der Waals surface area contributed by atoms with Crippen molar-refractivity contribution in [3.05, 3.63) is 64.1 Å². The third kappa shape index (κ3) is 7.92. The fourth-order valence-corrected chi connectivity index (χ4v) is 2.97. The van der Waals surface area contributed by atoms with Crippen LogP contribution in [0.1, 0.15) is 35.7 Å². The van der Waals surface area contributed by atoms with E-state index in [0.717, 1.165) is 10.0 Å². The highest BCUT2D eigenvalue weighted by Crippen LogP contribution is 2.14. The van der Waals surface area contributed by atoms with Crippen LogP contribution in [0.25, 0.3) is 0 Å². The lowest BCUT2D eigenvalue weighted by atomic mass is 10.1. The summed E-state index contributed by atoms with van der Waals surface area (Å²) in [6, 6.07) is 14.3. The molecule has 7 heteroatoms. The van der Waals surface area contributed by atoms with E-state index in [4.69, 9.17) is 4.74 Å². The molecule has 0 atom stereocenters. The van der Waals surface area contributed by atoms with E-state index in [1.54, 1.807) is 18.2 Å². The first-order valence-electron chi connectivity index (χ1n) is 9.02. The zero-order chi connectivity index (χ0) is 20.4. The molecule has 0 heterocycles. The van der Waals surface area contributed by atoms with Crippen LogP contribution in [-0.4, -0.2) is 30.9 Å². The summed E-state index contributed by atoms with van der Waals surface area (Å²) < 4.78 is 5.97. The number of hydrogen-bond acceptors (Lipinski definition) is 4. The van der Waals surface area contributed by atoms with Gasteiger partial charge in [-0.2, -0.15) is 0 Å². The summed E-state index contributed by atoms with van der Waals surface area (Å²) in [4.78, 5) is 35.0. The van der Waals surface area contributed by atoms with Crippen molar-refractivity contribution in [2.45, 2.75) is 26.2 Å². The zero-order valence-corrected chi connectivity index (χ0v) is 17.3. The first kappa shape index (κ1) is 21.6. The number of carbonyl (C=O) groups is 3. The number of carbonyl (C=O) groups excluding carboxylic acids is 3. The highest BCUT2D eigenvalue weighted by molar-refractivity contribution is 9.10. The number of amides is 2. The van der Waals surface area contributed by atoms with Gasteiger partial charge in [0.25, 0.3) is 5.91 Å². The van der Waals surface area contributed by atoms with Gasteiger partial charge >= 0.3 is 5.97 Å². The molecule has 2 N–H and O–H groups in total. The molecule has 0 aliphatic carbocycles. The molecule has 0 fully saturated rings. The maximum atomic E-state index is 12.1. The quantitative estimate of drug-likeness (QED) is 0.351. The molecule has 0 aliphatic rings. The molecule has 0 radical (unpaired) electrons. The normalized spacial score (nSPS) is 10.2. The lowest BCUT2D eigenvalue weighted by Crippen LogP contribution is -2.30. The number of ether oxygens (including phenoxy) is 1. The van der Waals surface area contributed by atoms with Crippen LogP contribution >= 0.6 is 15.9 Å². The number of aryl methyl sites for hydroxylation is 1. The number of esters is 1. The van der Waals surface area contributed by atoms with Gasteiger partial charge in [0, 0.05) is 36.5 Å². The van der Waals surface area contributed by atoms with E-state index in [1.165, 1.54) is 13.0 Å². The average Bonchev–Trinajstić information content (AvgIpc) is 2.65. The van der Waals surface area contributed by atoms with Gasteiger partial charge in [-0.15, -0.1) is 0 Å². The number of halogens is 1. The van der Waals surface area contributed by atoms with Crippen LogP contribution < -0.4 is 15.4 Å². The van der Waals surface area contributed by atoms with E-state index >= 15 is 0 Å². The van der Waals surface area contributed by atoms with E-state index in [0.29, 0.717) is 43.7 Å². The summed E-state index contributed by atoms with van der Waals surface area (Å²) in [5, 5.41) is 5.63. The van der Waals surface area contributed by atoms with Crippen LogP contribution in [0.4, 0.5) is 0 Å². The molecule has 2 amide bonds. The molecular weight excluding hydrogens is 424 g/mol. The van der Waals surface area contributed by atoms with E-state index in [-0.39, 0.29) is 11.8 Å². The summed E-state index contributed by atoms with van der Waals surface area (Å²) in [5.74, 6) is -0.374. The predicted molar refractivity (Wildman–Crippen MR) is 110 cm³/mol. The maximum Gasteiger partial charge on any atom is 0.308 e. The van der Waals surface area contributed by atoms with Gasteiger partial charge < -0.3 is 15.4 Å². The Hall–Kier alpha value is -2.67. The minimum atomic E-state index is -0.437. The number of rotatable bonds is 9. The predicted octanol–water partition coefficient (Wildman–Crippen LogP) is 3.24. The van der Waals surface area contributed by atoms with Crippen LogP contribution in [0, 0.1) is 0 Å². The Morgan fingerprint density at radius 3 is 2.50 bits per heavy atom. The molecule has 0 saturated heterocycles. The van der Waals surface area contributed by atoms with Gasteiger partial charge in [0.1, 0.15) is 5.75 Å². The average molecular weight is 447 g/mol. The summed E-state index contributed by atoms with van der Waals surface area (Å²) >= 11 is 3.41. The molecule has 0 spiro atoms. The van der Waals surface area contributed by atoms with Gasteiger partial charge in [-0.3, -0.25) is 14.4 Å². The van der Waals surface area contributed by atoms with Crippen LogP contribution in [0.2, 0.25) is 0 Å². The van der Waals surface area contributed by atoms with Gasteiger partial charge in [0.15, 0.2) is 0 Å². The zero-order valence-electron chi connectivity index (χ0n) is 15.7. The Balaban J connectivity index is 1.63. The number of nitrogens with one attached hydrogen (secondary N) is 2. The van der Waals surface area contributed by atoms with Gasteiger partial charge in [-0.05, 0) is 48.7 Å².